The first-order chi connectivity index (χ1) is 10.7. The summed E-state index contributed by atoms with van der Waals surface area (Å²) in [7, 11) is 3.86. The van der Waals surface area contributed by atoms with E-state index in [0.29, 0.717) is 0 Å². The van der Waals surface area contributed by atoms with Crippen molar-refractivity contribution in [2.75, 3.05) is 0 Å². The fraction of sp³-hybridized carbons (Fsp3) is 0.125. The zero-order valence-electron chi connectivity index (χ0n) is 12.5. The summed E-state index contributed by atoms with van der Waals surface area (Å²) in [6.45, 7) is 0. The van der Waals surface area contributed by atoms with Gasteiger partial charge in [0, 0.05) is 38.9 Å². The van der Waals surface area contributed by atoms with E-state index < -0.39 is 0 Å². The number of aromatic nitrogens is 4. The second-order valence-corrected chi connectivity index (χ2v) is 4.83. The Bertz CT molecular complexity index is 759. The molecule has 6 heteroatoms. The molecule has 2 aromatic heterocycles. The van der Waals surface area contributed by atoms with Crippen LogP contribution in [0.5, 0.6) is 0 Å². The molecule has 0 bridgehead atoms. The molecule has 0 N–H and O–H groups in total. The van der Waals surface area contributed by atoms with Crippen molar-refractivity contribution in [1.29, 1.82) is 0 Å². The second-order valence-electron chi connectivity index (χ2n) is 4.83. The van der Waals surface area contributed by atoms with Crippen LogP contribution in [0.3, 0.4) is 0 Å². The summed E-state index contributed by atoms with van der Waals surface area (Å²) in [5, 5.41) is 0. The fourth-order valence-corrected chi connectivity index (χ4v) is 1.92. The van der Waals surface area contributed by atoms with Crippen molar-refractivity contribution in [2.24, 2.45) is 24.1 Å². The summed E-state index contributed by atoms with van der Waals surface area (Å²) < 4.78 is 3.82. The fourth-order valence-electron chi connectivity index (χ4n) is 1.92. The van der Waals surface area contributed by atoms with E-state index in [9.17, 15) is 0 Å². The Labute approximate surface area is 128 Å². The molecule has 3 aromatic rings. The standard InChI is InChI=1S/C16H16N6/c1-21-8-6-17-15(21)11-19-13-4-3-5-14(10-13)20-12-16-18-7-9-22(16)2/h3-12H,1-2H3. The SMILES string of the molecule is Cn1ccnc1C=Nc1cccc(N=Cc2nccn2C)c1. The van der Waals surface area contributed by atoms with E-state index in [-0.39, 0.29) is 0 Å². The van der Waals surface area contributed by atoms with E-state index >= 15 is 0 Å². The van der Waals surface area contributed by atoms with Crippen molar-refractivity contribution in [3.05, 3.63) is 60.7 Å². The van der Waals surface area contributed by atoms with Crippen LogP contribution in [-0.4, -0.2) is 31.5 Å². The Morgan fingerprint density at radius 2 is 1.36 bits per heavy atom. The van der Waals surface area contributed by atoms with Crippen LogP contribution < -0.4 is 0 Å². The molecule has 0 spiro atoms. The summed E-state index contributed by atoms with van der Waals surface area (Å²) in [6, 6.07) is 7.70. The number of rotatable bonds is 4. The molecule has 3 rings (SSSR count). The molecule has 0 unspecified atom stereocenters. The molecule has 0 atom stereocenters. The zero-order chi connectivity index (χ0) is 15.4. The first-order valence-corrected chi connectivity index (χ1v) is 6.85. The molecule has 0 saturated carbocycles. The van der Waals surface area contributed by atoms with Gasteiger partial charge in [-0.15, -0.1) is 0 Å². The third kappa shape index (κ3) is 3.17. The minimum Gasteiger partial charge on any atom is -0.333 e. The smallest absolute Gasteiger partial charge is 0.150 e. The Kier molecular flexibility index (Phi) is 3.91. The number of hydrogen-bond donors (Lipinski definition) is 0. The summed E-state index contributed by atoms with van der Waals surface area (Å²) in [5.74, 6) is 1.61. The minimum absolute atomic E-state index is 0.807. The van der Waals surface area contributed by atoms with Crippen LogP contribution in [-0.2, 0) is 14.1 Å². The highest BCUT2D eigenvalue weighted by Gasteiger charge is 1.97. The molecule has 2 heterocycles. The minimum atomic E-state index is 0.807. The van der Waals surface area contributed by atoms with Gasteiger partial charge in [-0.3, -0.25) is 9.98 Å². The van der Waals surface area contributed by atoms with Gasteiger partial charge in [-0.2, -0.15) is 0 Å². The summed E-state index contributed by atoms with van der Waals surface area (Å²) in [4.78, 5) is 17.3. The van der Waals surface area contributed by atoms with E-state index in [1.807, 2.05) is 59.9 Å². The van der Waals surface area contributed by atoms with E-state index in [1.54, 1.807) is 24.8 Å². The average Bonchev–Trinajstić information content (AvgIpc) is 3.12. The lowest BCUT2D eigenvalue weighted by Gasteiger charge is -1.98. The van der Waals surface area contributed by atoms with Crippen molar-refractivity contribution in [3.63, 3.8) is 0 Å². The van der Waals surface area contributed by atoms with Crippen molar-refractivity contribution in [2.45, 2.75) is 0 Å². The molecule has 0 fully saturated rings. The lowest BCUT2D eigenvalue weighted by molar-refractivity contribution is 0.902. The first kappa shape index (κ1) is 13.9. The van der Waals surface area contributed by atoms with Crippen molar-refractivity contribution < 1.29 is 0 Å². The molecular weight excluding hydrogens is 276 g/mol. The highest BCUT2D eigenvalue weighted by atomic mass is 15.0. The summed E-state index contributed by atoms with van der Waals surface area (Å²) in [6.07, 6.45) is 10.7. The number of imidazole rings is 2. The predicted octanol–water partition coefficient (Wildman–Crippen LogP) is 2.65. The van der Waals surface area contributed by atoms with Crippen molar-refractivity contribution in [3.8, 4) is 0 Å². The number of aryl methyl sites for hydroxylation is 2. The van der Waals surface area contributed by atoms with Gasteiger partial charge in [-0.25, -0.2) is 9.97 Å². The lowest BCUT2D eigenvalue weighted by atomic mass is 10.3. The van der Waals surface area contributed by atoms with Gasteiger partial charge in [-0.1, -0.05) is 6.07 Å². The monoisotopic (exact) mass is 292 g/mol. The normalized spacial score (nSPS) is 11.7. The topological polar surface area (TPSA) is 60.4 Å². The van der Waals surface area contributed by atoms with Crippen LogP contribution in [0.4, 0.5) is 11.4 Å². The molecule has 6 nitrogen and oxygen atoms in total. The van der Waals surface area contributed by atoms with Crippen LogP contribution in [0.1, 0.15) is 11.6 Å². The molecule has 1 aromatic carbocycles. The molecule has 0 radical (unpaired) electrons. The van der Waals surface area contributed by atoms with Crippen LogP contribution in [0, 0.1) is 0 Å². The largest absolute Gasteiger partial charge is 0.333 e. The summed E-state index contributed by atoms with van der Waals surface area (Å²) >= 11 is 0. The molecule has 0 aliphatic heterocycles. The van der Waals surface area contributed by atoms with E-state index in [4.69, 9.17) is 0 Å². The molecule has 0 aliphatic carbocycles. The molecule has 0 aliphatic rings. The third-order valence-corrected chi connectivity index (χ3v) is 3.20. The van der Waals surface area contributed by atoms with Gasteiger partial charge in [0.05, 0.1) is 23.8 Å². The van der Waals surface area contributed by atoms with Crippen molar-refractivity contribution in [1.82, 2.24) is 19.1 Å². The Morgan fingerprint density at radius 1 is 0.864 bits per heavy atom. The van der Waals surface area contributed by atoms with E-state index in [0.717, 1.165) is 23.0 Å². The zero-order valence-corrected chi connectivity index (χ0v) is 12.5. The maximum atomic E-state index is 4.43. The molecule has 0 amide bonds. The highest BCUT2D eigenvalue weighted by Crippen LogP contribution is 2.20. The van der Waals surface area contributed by atoms with Gasteiger partial charge in [0.2, 0.25) is 0 Å². The van der Waals surface area contributed by atoms with Crippen LogP contribution in [0.15, 0.2) is 59.0 Å². The molecule has 110 valence electrons. The number of nitrogens with zero attached hydrogens (tertiary/aromatic N) is 6. The molecule has 0 saturated heterocycles. The van der Waals surface area contributed by atoms with Crippen molar-refractivity contribution >= 4 is 23.8 Å². The third-order valence-electron chi connectivity index (χ3n) is 3.20. The van der Waals surface area contributed by atoms with E-state index in [1.165, 1.54) is 0 Å². The van der Waals surface area contributed by atoms with Gasteiger partial charge >= 0.3 is 0 Å². The molecule has 22 heavy (non-hydrogen) atoms. The number of benzene rings is 1. The highest BCUT2D eigenvalue weighted by molar-refractivity contribution is 5.80. The Hall–Kier alpha value is -3.02. The Balaban J connectivity index is 1.78. The second kappa shape index (κ2) is 6.17. The van der Waals surface area contributed by atoms with Gasteiger partial charge in [0.15, 0.2) is 11.6 Å². The first-order valence-electron chi connectivity index (χ1n) is 6.85. The maximum Gasteiger partial charge on any atom is 0.150 e. The molecular formula is C16H16N6. The number of aliphatic imine (C=N–C) groups is 2. The lowest BCUT2D eigenvalue weighted by Crippen LogP contribution is -1.94. The average molecular weight is 292 g/mol. The van der Waals surface area contributed by atoms with Crippen LogP contribution in [0.2, 0.25) is 0 Å². The Morgan fingerprint density at radius 3 is 1.77 bits per heavy atom. The number of hydrogen-bond acceptors (Lipinski definition) is 4. The van der Waals surface area contributed by atoms with Crippen LogP contribution in [0.25, 0.3) is 0 Å². The van der Waals surface area contributed by atoms with Crippen LogP contribution >= 0.6 is 0 Å². The van der Waals surface area contributed by atoms with Gasteiger partial charge < -0.3 is 9.13 Å². The van der Waals surface area contributed by atoms with E-state index in [2.05, 4.69) is 20.0 Å². The maximum absolute atomic E-state index is 4.43. The van der Waals surface area contributed by atoms with Gasteiger partial charge in [0.1, 0.15) is 0 Å². The van der Waals surface area contributed by atoms with Gasteiger partial charge in [0.25, 0.3) is 0 Å². The van der Waals surface area contributed by atoms with Gasteiger partial charge in [-0.05, 0) is 18.2 Å². The summed E-state index contributed by atoms with van der Waals surface area (Å²) in [5.41, 5.74) is 1.66. The quantitative estimate of drug-likeness (QED) is 0.694. The predicted molar refractivity (Wildman–Crippen MR) is 87.4 cm³/mol.